The Morgan fingerprint density at radius 3 is 2.80 bits per heavy atom. The lowest BCUT2D eigenvalue weighted by Crippen LogP contribution is -2.45. The van der Waals surface area contributed by atoms with E-state index in [4.69, 9.17) is 4.74 Å². The Labute approximate surface area is 121 Å². The number of nitriles is 1. The Balaban J connectivity index is 1.88. The summed E-state index contributed by atoms with van der Waals surface area (Å²) in [6.07, 6.45) is 4.29. The van der Waals surface area contributed by atoms with E-state index in [1.54, 1.807) is 0 Å². The monoisotopic (exact) mass is 272 g/mol. The summed E-state index contributed by atoms with van der Waals surface area (Å²) in [7, 11) is 0. The third-order valence-electron chi connectivity index (χ3n) is 3.79. The highest BCUT2D eigenvalue weighted by Gasteiger charge is 2.24. The van der Waals surface area contributed by atoms with Gasteiger partial charge in [-0.15, -0.1) is 0 Å². The number of rotatable bonds is 6. The van der Waals surface area contributed by atoms with Crippen LogP contribution in [0.5, 0.6) is 5.75 Å². The Bertz CT molecular complexity index is 504. The van der Waals surface area contributed by atoms with E-state index >= 15 is 0 Å². The van der Waals surface area contributed by atoms with Gasteiger partial charge in [-0.05, 0) is 63.3 Å². The molecule has 20 heavy (non-hydrogen) atoms. The van der Waals surface area contributed by atoms with Crippen LogP contribution in [0.4, 0.5) is 0 Å². The minimum Gasteiger partial charge on any atom is -0.493 e. The first-order chi connectivity index (χ1) is 9.52. The first-order valence-electron chi connectivity index (χ1n) is 7.46. The van der Waals surface area contributed by atoms with E-state index in [-0.39, 0.29) is 0 Å². The molecule has 1 aromatic rings. The van der Waals surface area contributed by atoms with Crippen molar-refractivity contribution in [2.75, 3.05) is 6.61 Å². The lowest BCUT2D eigenvalue weighted by Gasteiger charge is -2.25. The Morgan fingerprint density at radius 1 is 1.35 bits per heavy atom. The molecule has 0 aliphatic heterocycles. The Hall–Kier alpha value is -1.53. The molecule has 0 spiro atoms. The molecule has 0 amide bonds. The predicted octanol–water partition coefficient (Wildman–Crippen LogP) is 3.22. The highest BCUT2D eigenvalue weighted by Crippen LogP contribution is 2.26. The average molecular weight is 272 g/mol. The summed E-state index contributed by atoms with van der Waals surface area (Å²) in [5.41, 5.74) is 2.36. The van der Waals surface area contributed by atoms with E-state index in [2.05, 4.69) is 37.4 Å². The number of ether oxygens (including phenoxy) is 1. The number of nitrogens with one attached hydrogen (secondary N) is 1. The van der Waals surface area contributed by atoms with Crippen LogP contribution in [-0.2, 0) is 12.8 Å². The Kier molecular flexibility index (Phi) is 4.67. The van der Waals surface area contributed by atoms with E-state index in [1.807, 2.05) is 13.0 Å². The van der Waals surface area contributed by atoms with Gasteiger partial charge in [0, 0.05) is 12.5 Å². The molecular weight excluding hydrogens is 248 g/mol. The number of hydrogen-bond acceptors (Lipinski definition) is 3. The number of nitrogens with zero attached hydrogens (tertiary/aromatic N) is 1. The molecular formula is C17H24N2O. The van der Waals surface area contributed by atoms with Crippen LogP contribution in [0.2, 0.25) is 0 Å². The fraction of sp³-hybridized carbons (Fsp3) is 0.588. The van der Waals surface area contributed by atoms with Crippen LogP contribution in [0, 0.1) is 11.3 Å². The fourth-order valence-corrected chi connectivity index (χ4v) is 2.81. The van der Waals surface area contributed by atoms with Crippen LogP contribution < -0.4 is 10.1 Å². The summed E-state index contributed by atoms with van der Waals surface area (Å²) >= 11 is 0. The van der Waals surface area contributed by atoms with Crippen molar-refractivity contribution >= 4 is 0 Å². The van der Waals surface area contributed by atoms with Crippen LogP contribution in [0.1, 0.15) is 44.7 Å². The minimum atomic E-state index is -0.523. The second-order valence-electron chi connectivity index (χ2n) is 6.13. The average Bonchev–Trinajstić information content (AvgIpc) is 2.85. The van der Waals surface area contributed by atoms with Crippen LogP contribution in [0.25, 0.3) is 0 Å². The quantitative estimate of drug-likeness (QED) is 0.864. The summed E-state index contributed by atoms with van der Waals surface area (Å²) < 4.78 is 5.82. The van der Waals surface area contributed by atoms with Crippen molar-refractivity contribution in [1.82, 2.24) is 5.32 Å². The third kappa shape index (κ3) is 3.74. The number of benzene rings is 1. The number of fused-ring (bicyclic) bond motifs is 1. The maximum absolute atomic E-state index is 9.29. The standard InChI is InChI=1S/C17H24N2O/c1-13(2)19-17(3,12-18)9-10-20-16-8-7-14-5-4-6-15(14)11-16/h7-8,11,13,19H,4-6,9-10H2,1-3H3. The second-order valence-corrected chi connectivity index (χ2v) is 6.13. The van der Waals surface area contributed by atoms with E-state index in [9.17, 15) is 5.26 Å². The van der Waals surface area contributed by atoms with Crippen molar-refractivity contribution in [2.24, 2.45) is 0 Å². The lowest BCUT2D eigenvalue weighted by molar-refractivity contribution is 0.260. The zero-order valence-corrected chi connectivity index (χ0v) is 12.7. The highest BCUT2D eigenvalue weighted by molar-refractivity contribution is 5.38. The molecule has 1 N–H and O–H groups in total. The zero-order valence-electron chi connectivity index (χ0n) is 12.7. The SMILES string of the molecule is CC(C)NC(C)(C#N)CCOc1ccc2c(c1)CCC2. The molecule has 0 fully saturated rings. The van der Waals surface area contributed by atoms with Gasteiger partial charge in [-0.2, -0.15) is 5.26 Å². The maximum Gasteiger partial charge on any atom is 0.119 e. The first kappa shape index (κ1) is 14.9. The molecule has 2 rings (SSSR count). The molecule has 0 heterocycles. The molecule has 1 aromatic carbocycles. The number of aryl methyl sites for hydroxylation is 2. The molecule has 3 heteroatoms. The largest absolute Gasteiger partial charge is 0.493 e. The molecule has 108 valence electrons. The molecule has 0 saturated heterocycles. The fourth-order valence-electron chi connectivity index (χ4n) is 2.81. The molecule has 0 bridgehead atoms. The van der Waals surface area contributed by atoms with Crippen LogP contribution >= 0.6 is 0 Å². The molecule has 0 radical (unpaired) electrons. The van der Waals surface area contributed by atoms with Crippen molar-refractivity contribution in [2.45, 2.75) is 58.0 Å². The third-order valence-corrected chi connectivity index (χ3v) is 3.79. The number of hydrogen-bond donors (Lipinski definition) is 1. The van der Waals surface area contributed by atoms with Crippen molar-refractivity contribution in [3.8, 4) is 11.8 Å². The van der Waals surface area contributed by atoms with Crippen molar-refractivity contribution in [3.05, 3.63) is 29.3 Å². The van der Waals surface area contributed by atoms with Gasteiger partial charge in [-0.25, -0.2) is 0 Å². The second kappa shape index (κ2) is 6.28. The van der Waals surface area contributed by atoms with Crippen molar-refractivity contribution in [3.63, 3.8) is 0 Å². The van der Waals surface area contributed by atoms with Crippen molar-refractivity contribution < 1.29 is 4.74 Å². The van der Waals surface area contributed by atoms with Gasteiger partial charge in [0.2, 0.25) is 0 Å². The van der Waals surface area contributed by atoms with Gasteiger partial charge >= 0.3 is 0 Å². The normalized spacial score (nSPS) is 16.6. The molecule has 1 aliphatic rings. The first-order valence-corrected chi connectivity index (χ1v) is 7.46. The summed E-state index contributed by atoms with van der Waals surface area (Å²) in [5.74, 6) is 0.926. The Morgan fingerprint density at radius 2 is 2.10 bits per heavy atom. The summed E-state index contributed by atoms with van der Waals surface area (Å²) in [5, 5.41) is 12.6. The molecule has 1 unspecified atom stereocenters. The summed E-state index contributed by atoms with van der Waals surface area (Å²) in [6.45, 7) is 6.59. The van der Waals surface area contributed by atoms with Crippen LogP contribution in [-0.4, -0.2) is 18.2 Å². The smallest absolute Gasteiger partial charge is 0.119 e. The van der Waals surface area contributed by atoms with Gasteiger partial charge in [0.15, 0.2) is 0 Å². The molecule has 0 saturated carbocycles. The molecule has 1 aliphatic carbocycles. The van der Waals surface area contributed by atoms with Gasteiger partial charge in [-0.3, -0.25) is 5.32 Å². The summed E-state index contributed by atoms with van der Waals surface area (Å²) in [4.78, 5) is 0. The van der Waals surface area contributed by atoms with Gasteiger partial charge < -0.3 is 4.74 Å². The van der Waals surface area contributed by atoms with E-state index in [1.165, 1.54) is 24.0 Å². The lowest BCUT2D eigenvalue weighted by atomic mass is 9.99. The zero-order chi connectivity index (χ0) is 14.6. The van der Waals surface area contributed by atoms with Crippen LogP contribution in [0.3, 0.4) is 0 Å². The van der Waals surface area contributed by atoms with Gasteiger partial charge in [0.05, 0.1) is 12.7 Å². The molecule has 1 atom stereocenters. The van der Waals surface area contributed by atoms with Crippen LogP contribution in [0.15, 0.2) is 18.2 Å². The highest BCUT2D eigenvalue weighted by atomic mass is 16.5. The van der Waals surface area contributed by atoms with E-state index < -0.39 is 5.54 Å². The summed E-state index contributed by atoms with van der Waals surface area (Å²) in [6, 6.07) is 9.01. The molecule has 3 nitrogen and oxygen atoms in total. The van der Waals surface area contributed by atoms with Crippen molar-refractivity contribution in [1.29, 1.82) is 5.26 Å². The molecule has 0 aromatic heterocycles. The predicted molar refractivity (Wildman–Crippen MR) is 80.9 cm³/mol. The minimum absolute atomic E-state index is 0.291. The maximum atomic E-state index is 9.29. The topological polar surface area (TPSA) is 45.0 Å². The van der Waals surface area contributed by atoms with Gasteiger partial charge in [0.25, 0.3) is 0 Å². The van der Waals surface area contributed by atoms with E-state index in [0.29, 0.717) is 19.1 Å². The van der Waals surface area contributed by atoms with Gasteiger partial charge in [-0.1, -0.05) is 6.07 Å². The van der Waals surface area contributed by atoms with Gasteiger partial charge in [0.1, 0.15) is 11.3 Å². The van der Waals surface area contributed by atoms with E-state index in [0.717, 1.165) is 12.2 Å².